The number of para-hydroxylation sites is 1. The Morgan fingerprint density at radius 2 is 1.61 bits per heavy atom. The summed E-state index contributed by atoms with van der Waals surface area (Å²) >= 11 is 0. The van der Waals surface area contributed by atoms with Crippen LogP contribution in [0, 0.1) is 37.1 Å². The highest BCUT2D eigenvalue weighted by Crippen LogP contribution is 2.41. The maximum atomic E-state index is 14.6. The van der Waals surface area contributed by atoms with Crippen LogP contribution < -0.4 is 5.01 Å². The number of rotatable bonds is 4. The first-order chi connectivity index (χ1) is 16.8. The van der Waals surface area contributed by atoms with Crippen molar-refractivity contribution < 1.29 is 35.5 Å². The highest BCUT2D eigenvalue weighted by atomic mass is 19.4. The lowest BCUT2D eigenvalue weighted by Gasteiger charge is -2.18. The molecule has 1 aliphatic rings. The standard InChI is InChI=1S/C25H18F7N3O/c1-5-9-34-13(4)16(14-8-6-7-11(2)22(14)34)10-15-12(3)33-35(24(15)36)23-20(28)18(26)17(25(30,31)32)19(27)21(23)29/h5-8,10H,1,9H2,2-4H3/b15-10+. The minimum atomic E-state index is -5.71. The molecule has 4 nitrogen and oxygen atoms in total. The lowest BCUT2D eigenvalue weighted by Crippen LogP contribution is -2.26. The summed E-state index contributed by atoms with van der Waals surface area (Å²) in [6, 6.07) is 5.51. The van der Waals surface area contributed by atoms with Gasteiger partial charge in [-0.2, -0.15) is 23.3 Å². The summed E-state index contributed by atoms with van der Waals surface area (Å²) in [6.07, 6.45) is -2.60. The number of alkyl halides is 3. The normalized spacial score (nSPS) is 15.4. The van der Waals surface area contributed by atoms with Gasteiger partial charge in [0.2, 0.25) is 0 Å². The molecular weight excluding hydrogens is 491 g/mol. The van der Waals surface area contributed by atoms with E-state index in [1.807, 2.05) is 23.6 Å². The highest BCUT2D eigenvalue weighted by molar-refractivity contribution is 6.32. The second-order valence-electron chi connectivity index (χ2n) is 8.21. The van der Waals surface area contributed by atoms with E-state index in [1.165, 1.54) is 13.0 Å². The summed E-state index contributed by atoms with van der Waals surface area (Å²) in [6.45, 7) is 9.20. The first kappa shape index (κ1) is 25.2. The van der Waals surface area contributed by atoms with E-state index in [-0.39, 0.29) is 16.3 Å². The number of hydrogen-bond acceptors (Lipinski definition) is 2. The topological polar surface area (TPSA) is 37.6 Å². The van der Waals surface area contributed by atoms with Crippen LogP contribution in [0.25, 0.3) is 17.0 Å². The lowest BCUT2D eigenvalue weighted by atomic mass is 10.0. The number of fused-ring (bicyclic) bond motifs is 1. The van der Waals surface area contributed by atoms with Crippen LogP contribution in [0.3, 0.4) is 0 Å². The fourth-order valence-corrected chi connectivity index (χ4v) is 4.32. The van der Waals surface area contributed by atoms with Gasteiger partial charge in [0, 0.05) is 23.2 Å². The molecule has 11 heteroatoms. The molecule has 4 rings (SSSR count). The van der Waals surface area contributed by atoms with Crippen LogP contribution in [0.15, 0.2) is 41.5 Å². The molecule has 0 saturated heterocycles. The number of anilines is 1. The summed E-state index contributed by atoms with van der Waals surface area (Å²) in [5.41, 5.74) is -1.50. The summed E-state index contributed by atoms with van der Waals surface area (Å²) in [7, 11) is 0. The molecule has 36 heavy (non-hydrogen) atoms. The minimum Gasteiger partial charge on any atom is -0.340 e. The fourth-order valence-electron chi connectivity index (χ4n) is 4.32. The van der Waals surface area contributed by atoms with Gasteiger partial charge in [0.1, 0.15) is 11.3 Å². The van der Waals surface area contributed by atoms with Crippen molar-refractivity contribution in [2.24, 2.45) is 5.10 Å². The van der Waals surface area contributed by atoms with Crippen molar-refractivity contribution in [3.63, 3.8) is 0 Å². The number of aromatic nitrogens is 1. The van der Waals surface area contributed by atoms with Crippen LogP contribution in [-0.2, 0) is 17.5 Å². The summed E-state index contributed by atoms with van der Waals surface area (Å²) in [5.74, 6) is -11.3. The van der Waals surface area contributed by atoms with E-state index >= 15 is 0 Å². The van der Waals surface area contributed by atoms with Crippen molar-refractivity contribution in [3.05, 3.63) is 82.1 Å². The third-order valence-corrected chi connectivity index (χ3v) is 5.99. The minimum absolute atomic E-state index is 0.0294. The number of amides is 1. The van der Waals surface area contributed by atoms with Crippen LogP contribution in [0.4, 0.5) is 36.4 Å². The summed E-state index contributed by atoms with van der Waals surface area (Å²) in [5, 5.41) is 4.48. The monoisotopic (exact) mass is 509 g/mol. The number of aryl methyl sites for hydroxylation is 1. The molecule has 0 fully saturated rings. The van der Waals surface area contributed by atoms with Gasteiger partial charge in [-0.25, -0.2) is 17.6 Å². The third kappa shape index (κ3) is 3.69. The zero-order valence-electron chi connectivity index (χ0n) is 19.2. The van der Waals surface area contributed by atoms with E-state index < -0.39 is 46.6 Å². The predicted molar refractivity (Wildman–Crippen MR) is 121 cm³/mol. The smallest absolute Gasteiger partial charge is 0.340 e. The van der Waals surface area contributed by atoms with E-state index in [1.54, 1.807) is 19.1 Å². The van der Waals surface area contributed by atoms with Crippen molar-refractivity contribution >= 4 is 34.3 Å². The van der Waals surface area contributed by atoms with Crippen LogP contribution in [0.2, 0.25) is 0 Å². The van der Waals surface area contributed by atoms with Crippen molar-refractivity contribution in [1.29, 1.82) is 0 Å². The number of allylic oxidation sites excluding steroid dienone is 1. The molecule has 0 radical (unpaired) electrons. The molecule has 1 aliphatic heterocycles. The highest BCUT2D eigenvalue weighted by Gasteiger charge is 2.45. The average Bonchev–Trinajstić information content (AvgIpc) is 3.21. The lowest BCUT2D eigenvalue weighted by molar-refractivity contribution is -0.143. The molecule has 1 amide bonds. The van der Waals surface area contributed by atoms with Gasteiger partial charge in [0.15, 0.2) is 23.3 Å². The number of hydrazone groups is 1. The van der Waals surface area contributed by atoms with E-state index in [4.69, 9.17) is 0 Å². The molecule has 2 aromatic carbocycles. The van der Waals surface area contributed by atoms with E-state index in [0.717, 1.165) is 22.2 Å². The van der Waals surface area contributed by atoms with Crippen LogP contribution in [-0.4, -0.2) is 16.2 Å². The van der Waals surface area contributed by atoms with Crippen molar-refractivity contribution in [3.8, 4) is 0 Å². The molecule has 0 spiro atoms. The molecule has 1 aromatic heterocycles. The Morgan fingerprint density at radius 1 is 1.00 bits per heavy atom. The number of benzene rings is 2. The van der Waals surface area contributed by atoms with Gasteiger partial charge in [0.25, 0.3) is 5.91 Å². The quantitative estimate of drug-likeness (QED) is 0.165. The van der Waals surface area contributed by atoms with Gasteiger partial charge in [-0.3, -0.25) is 4.79 Å². The van der Waals surface area contributed by atoms with Crippen LogP contribution in [0.5, 0.6) is 0 Å². The first-order valence-corrected chi connectivity index (χ1v) is 10.5. The molecule has 3 aromatic rings. The molecule has 0 unspecified atom stereocenters. The van der Waals surface area contributed by atoms with Crippen LogP contribution in [0.1, 0.15) is 29.3 Å². The first-order valence-electron chi connectivity index (χ1n) is 10.5. The Kier molecular flexibility index (Phi) is 6.06. The predicted octanol–water partition coefficient (Wildman–Crippen LogP) is 6.83. The largest absolute Gasteiger partial charge is 0.422 e. The van der Waals surface area contributed by atoms with Gasteiger partial charge < -0.3 is 4.57 Å². The zero-order chi connectivity index (χ0) is 26.7. The number of carbonyl (C=O) groups is 1. The van der Waals surface area contributed by atoms with Crippen LogP contribution >= 0.6 is 0 Å². The van der Waals surface area contributed by atoms with Gasteiger partial charge in [-0.05, 0) is 32.4 Å². The van der Waals surface area contributed by atoms with Gasteiger partial charge in [0.05, 0.1) is 16.8 Å². The summed E-state index contributed by atoms with van der Waals surface area (Å²) < 4.78 is 98.2. The van der Waals surface area contributed by atoms with E-state index in [9.17, 15) is 35.5 Å². The van der Waals surface area contributed by atoms with E-state index in [0.29, 0.717) is 12.1 Å². The van der Waals surface area contributed by atoms with Crippen molar-refractivity contribution in [1.82, 2.24) is 4.57 Å². The molecule has 188 valence electrons. The molecule has 2 heterocycles. The average molecular weight is 509 g/mol. The molecule has 0 bridgehead atoms. The second-order valence-corrected chi connectivity index (χ2v) is 8.21. The number of carbonyl (C=O) groups excluding carboxylic acids is 1. The Hall–Kier alpha value is -3.89. The molecule has 0 atom stereocenters. The fraction of sp³-hybridized carbons (Fsp3) is 0.200. The number of hydrogen-bond donors (Lipinski definition) is 0. The Labute approximate surface area is 200 Å². The maximum Gasteiger partial charge on any atom is 0.422 e. The van der Waals surface area contributed by atoms with Gasteiger partial charge in [-0.15, -0.1) is 6.58 Å². The Morgan fingerprint density at radius 3 is 2.17 bits per heavy atom. The van der Waals surface area contributed by atoms with Crippen molar-refractivity contribution in [2.45, 2.75) is 33.5 Å². The van der Waals surface area contributed by atoms with Gasteiger partial charge in [-0.1, -0.05) is 24.3 Å². The second kappa shape index (κ2) is 8.65. The number of halogens is 7. The molecule has 0 aliphatic carbocycles. The van der Waals surface area contributed by atoms with Crippen molar-refractivity contribution in [2.75, 3.05) is 5.01 Å². The molecular formula is C25H18F7N3O. The zero-order valence-corrected chi connectivity index (χ0v) is 19.2. The Bertz CT molecular complexity index is 1480. The van der Waals surface area contributed by atoms with Gasteiger partial charge >= 0.3 is 6.18 Å². The Balaban J connectivity index is 1.89. The number of nitrogens with zero attached hydrogens (tertiary/aromatic N) is 3. The maximum absolute atomic E-state index is 14.6. The SMILES string of the molecule is C=CCn1c(C)c(/C=C2/C(=O)N(c3c(F)c(F)c(C(F)(F)F)c(F)c3F)N=C2C)c2cccc(C)c21. The molecule has 0 saturated carbocycles. The summed E-state index contributed by atoms with van der Waals surface area (Å²) in [4.78, 5) is 13.1. The molecule has 0 N–H and O–H groups in total. The van der Waals surface area contributed by atoms with E-state index in [2.05, 4.69) is 11.7 Å². The third-order valence-electron chi connectivity index (χ3n) is 5.99.